The summed E-state index contributed by atoms with van der Waals surface area (Å²) in [5, 5.41) is 0. The van der Waals surface area contributed by atoms with Gasteiger partial charge in [-0.3, -0.25) is 0 Å². The highest BCUT2D eigenvalue weighted by Crippen LogP contribution is 2.36. The lowest BCUT2D eigenvalue weighted by molar-refractivity contribution is 0.0209. The van der Waals surface area contributed by atoms with Gasteiger partial charge in [-0.15, -0.1) is 0 Å². The highest BCUT2D eigenvalue weighted by molar-refractivity contribution is 5.72. The summed E-state index contributed by atoms with van der Waals surface area (Å²) in [4.78, 5) is 16.5. The van der Waals surface area contributed by atoms with Crippen LogP contribution >= 0.6 is 0 Å². The maximum absolute atomic E-state index is 12.3. The van der Waals surface area contributed by atoms with Gasteiger partial charge in [0.15, 0.2) is 0 Å². The smallest absolute Gasteiger partial charge is 0.410 e. The fraction of sp³-hybridized carbons (Fsp3) is 0.588. The molecule has 2 saturated heterocycles. The second-order valence-corrected chi connectivity index (χ2v) is 7.49. The number of amides is 1. The second-order valence-electron chi connectivity index (χ2n) is 7.49. The van der Waals surface area contributed by atoms with Crippen molar-refractivity contribution in [3.8, 4) is 0 Å². The first-order valence-electron chi connectivity index (χ1n) is 8.16. The lowest BCUT2D eigenvalue weighted by Gasteiger charge is -2.42. The predicted molar refractivity (Wildman–Crippen MR) is 92.4 cm³/mol. The topological polar surface area (TPSA) is 84.8 Å². The van der Waals surface area contributed by atoms with E-state index >= 15 is 0 Å². The van der Waals surface area contributed by atoms with Crippen LogP contribution in [0.5, 0.6) is 0 Å². The second kappa shape index (κ2) is 5.51. The minimum absolute atomic E-state index is 0.217. The Hall–Kier alpha value is -2.11. The highest BCUT2D eigenvalue weighted by atomic mass is 16.6. The monoisotopic (exact) mass is 318 g/mol. The van der Waals surface area contributed by atoms with Crippen LogP contribution in [0.15, 0.2) is 18.2 Å². The minimum atomic E-state index is -0.460. The molecule has 2 unspecified atom stereocenters. The van der Waals surface area contributed by atoms with Crippen LogP contribution in [0.4, 0.5) is 21.9 Å². The lowest BCUT2D eigenvalue weighted by Crippen LogP contribution is -2.56. The van der Waals surface area contributed by atoms with Crippen molar-refractivity contribution in [3.05, 3.63) is 18.2 Å². The van der Waals surface area contributed by atoms with Gasteiger partial charge in [-0.1, -0.05) is 0 Å². The fourth-order valence-corrected chi connectivity index (χ4v) is 3.52. The number of piperazine rings is 1. The number of carbonyl (C=O) groups excluding carboxylic acids is 1. The Morgan fingerprint density at radius 3 is 2.26 bits per heavy atom. The molecule has 2 atom stereocenters. The molecule has 23 heavy (non-hydrogen) atoms. The number of anilines is 3. The van der Waals surface area contributed by atoms with Gasteiger partial charge in [-0.2, -0.15) is 0 Å². The number of fused-ring (bicyclic) bond motifs is 2. The van der Waals surface area contributed by atoms with Crippen molar-refractivity contribution in [3.63, 3.8) is 0 Å². The Morgan fingerprint density at radius 2 is 1.74 bits per heavy atom. The number of nitrogen functional groups attached to an aromatic ring is 2. The Kier molecular flexibility index (Phi) is 3.78. The molecule has 6 heteroatoms. The number of nitrogens with zero attached hydrogens (tertiary/aromatic N) is 2. The largest absolute Gasteiger partial charge is 0.444 e. The quantitative estimate of drug-likeness (QED) is 0.777. The van der Waals surface area contributed by atoms with Crippen LogP contribution in [0.2, 0.25) is 0 Å². The van der Waals surface area contributed by atoms with Crippen molar-refractivity contribution in [1.82, 2.24) is 4.90 Å². The molecule has 1 amide bonds. The van der Waals surface area contributed by atoms with Crippen molar-refractivity contribution in [2.24, 2.45) is 0 Å². The third-order valence-electron chi connectivity index (χ3n) is 4.50. The molecule has 1 aromatic rings. The van der Waals surface area contributed by atoms with E-state index in [0.717, 1.165) is 18.5 Å². The van der Waals surface area contributed by atoms with Crippen LogP contribution in [0.25, 0.3) is 0 Å². The molecule has 0 spiro atoms. The number of hydrogen-bond donors (Lipinski definition) is 2. The number of rotatable bonds is 1. The van der Waals surface area contributed by atoms with Crippen LogP contribution in [0.3, 0.4) is 0 Å². The van der Waals surface area contributed by atoms with Crippen LogP contribution in [-0.4, -0.2) is 41.8 Å². The zero-order valence-corrected chi connectivity index (χ0v) is 14.1. The summed E-state index contributed by atoms with van der Waals surface area (Å²) in [6.07, 6.45) is 1.94. The number of ether oxygens (including phenoxy) is 1. The molecular formula is C17H26N4O2. The van der Waals surface area contributed by atoms with Gasteiger partial charge < -0.3 is 26.0 Å². The van der Waals surface area contributed by atoms with Crippen LogP contribution in [0.1, 0.15) is 33.6 Å². The standard InChI is InChI=1S/C17H26N4O2/c1-17(2,3)23-16(22)20-9-12-4-5-13(10-20)21(12)11-6-7-14(18)15(19)8-11/h6-8,12-13H,4-5,9-10,18-19H2,1-3H3. The zero-order chi connectivity index (χ0) is 16.8. The van der Waals surface area contributed by atoms with E-state index in [4.69, 9.17) is 16.2 Å². The maximum atomic E-state index is 12.3. The number of likely N-dealkylation sites (tertiary alicyclic amines) is 1. The van der Waals surface area contributed by atoms with Gasteiger partial charge in [-0.05, 0) is 51.8 Å². The van der Waals surface area contributed by atoms with Gasteiger partial charge in [-0.25, -0.2) is 4.79 Å². The minimum Gasteiger partial charge on any atom is -0.444 e. The zero-order valence-electron chi connectivity index (χ0n) is 14.1. The molecule has 6 nitrogen and oxygen atoms in total. The average Bonchev–Trinajstić information content (AvgIpc) is 2.70. The normalized spacial score (nSPS) is 24.0. The van der Waals surface area contributed by atoms with E-state index in [-0.39, 0.29) is 6.09 Å². The Labute approximate surface area is 137 Å². The molecule has 2 aliphatic heterocycles. The predicted octanol–water partition coefficient (Wildman–Crippen LogP) is 2.44. The summed E-state index contributed by atoms with van der Waals surface area (Å²) in [7, 11) is 0. The maximum Gasteiger partial charge on any atom is 0.410 e. The number of hydrogen-bond acceptors (Lipinski definition) is 5. The van der Waals surface area contributed by atoms with Crippen LogP contribution < -0.4 is 16.4 Å². The van der Waals surface area contributed by atoms with Crippen molar-refractivity contribution in [2.45, 2.75) is 51.3 Å². The highest BCUT2D eigenvalue weighted by Gasteiger charge is 2.42. The first kappa shape index (κ1) is 15.8. The number of benzene rings is 1. The van der Waals surface area contributed by atoms with Gasteiger partial charge in [0, 0.05) is 30.9 Å². The van der Waals surface area contributed by atoms with Gasteiger partial charge in [0.2, 0.25) is 0 Å². The molecular weight excluding hydrogens is 292 g/mol. The summed E-state index contributed by atoms with van der Waals surface area (Å²) < 4.78 is 5.51. The molecule has 2 fully saturated rings. The summed E-state index contributed by atoms with van der Waals surface area (Å²) >= 11 is 0. The molecule has 0 aromatic heterocycles. The Bertz CT molecular complexity index is 597. The summed E-state index contributed by atoms with van der Waals surface area (Å²) in [5.41, 5.74) is 13.6. The third-order valence-corrected chi connectivity index (χ3v) is 4.50. The lowest BCUT2D eigenvalue weighted by atomic mass is 10.1. The van der Waals surface area contributed by atoms with Crippen LogP contribution in [0, 0.1) is 0 Å². The molecule has 126 valence electrons. The van der Waals surface area contributed by atoms with Crippen LogP contribution in [-0.2, 0) is 4.74 Å². The van der Waals surface area contributed by atoms with E-state index in [1.54, 1.807) is 0 Å². The molecule has 0 radical (unpaired) electrons. The SMILES string of the molecule is CC(C)(C)OC(=O)N1CC2CCC(C1)N2c1ccc(N)c(N)c1. The molecule has 4 N–H and O–H groups in total. The van der Waals surface area contributed by atoms with Crippen molar-refractivity contribution in [2.75, 3.05) is 29.5 Å². The van der Waals surface area contributed by atoms with Gasteiger partial charge in [0.1, 0.15) is 5.60 Å². The molecule has 2 aliphatic rings. The molecule has 3 rings (SSSR count). The van der Waals surface area contributed by atoms with E-state index in [2.05, 4.69) is 4.90 Å². The van der Waals surface area contributed by atoms with E-state index < -0.39 is 5.60 Å². The van der Waals surface area contributed by atoms with E-state index in [9.17, 15) is 4.79 Å². The van der Waals surface area contributed by atoms with Crippen molar-refractivity contribution >= 4 is 23.2 Å². The van der Waals surface area contributed by atoms with Gasteiger partial charge in [0.05, 0.1) is 11.4 Å². The number of carbonyl (C=O) groups is 1. The molecule has 2 heterocycles. The summed E-state index contributed by atoms with van der Waals surface area (Å²) in [6.45, 7) is 7.07. The first-order chi connectivity index (χ1) is 10.7. The van der Waals surface area contributed by atoms with Gasteiger partial charge >= 0.3 is 6.09 Å². The van der Waals surface area contributed by atoms with Gasteiger partial charge in [0.25, 0.3) is 0 Å². The van der Waals surface area contributed by atoms with E-state index in [1.807, 2.05) is 43.9 Å². The number of nitrogens with two attached hydrogens (primary N) is 2. The van der Waals surface area contributed by atoms with Crippen molar-refractivity contribution in [1.29, 1.82) is 0 Å². The molecule has 1 aromatic carbocycles. The summed E-state index contributed by atoms with van der Waals surface area (Å²) in [5.74, 6) is 0. The van der Waals surface area contributed by atoms with E-state index in [1.165, 1.54) is 0 Å². The molecule has 0 aliphatic carbocycles. The fourth-order valence-electron chi connectivity index (χ4n) is 3.52. The first-order valence-corrected chi connectivity index (χ1v) is 8.16. The average molecular weight is 318 g/mol. The van der Waals surface area contributed by atoms with Crippen molar-refractivity contribution < 1.29 is 9.53 Å². The third kappa shape index (κ3) is 3.16. The molecule has 2 bridgehead atoms. The molecule has 0 saturated carbocycles. The Morgan fingerprint density at radius 1 is 1.13 bits per heavy atom. The summed E-state index contributed by atoms with van der Waals surface area (Å²) in [6, 6.07) is 6.42. The Balaban J connectivity index is 1.74. The van der Waals surface area contributed by atoms with E-state index in [0.29, 0.717) is 36.5 Å².